The highest BCUT2D eigenvalue weighted by atomic mass is 19.2. The van der Waals surface area contributed by atoms with Gasteiger partial charge in [-0.2, -0.15) is 0 Å². The zero-order valence-corrected chi connectivity index (χ0v) is 9.81. The Bertz CT molecular complexity index is 550. The lowest BCUT2D eigenvalue weighted by molar-refractivity contribution is -0.385. The first-order chi connectivity index (χ1) is 8.90. The average Bonchev–Trinajstić information content (AvgIpc) is 2.77. The molecule has 0 radical (unpaired) electrons. The molecule has 0 unspecified atom stereocenters. The van der Waals surface area contributed by atoms with E-state index in [0.29, 0.717) is 25.1 Å². The zero-order chi connectivity index (χ0) is 14.2. The number of rotatable bonds is 2. The molecular formula is C11H11F2N3O3. The van der Waals surface area contributed by atoms with Gasteiger partial charge in [-0.15, -0.1) is 0 Å². The number of nitrogens with two attached hydrogens (primary N) is 1. The highest BCUT2D eigenvalue weighted by molar-refractivity contribution is 5.98. The molecule has 0 spiro atoms. The van der Waals surface area contributed by atoms with Gasteiger partial charge in [-0.3, -0.25) is 14.9 Å². The summed E-state index contributed by atoms with van der Waals surface area (Å²) in [5, 5.41) is 10.8. The van der Waals surface area contributed by atoms with Crippen molar-refractivity contribution in [2.24, 2.45) is 5.73 Å². The quantitative estimate of drug-likeness (QED) is 0.643. The fraction of sp³-hybridized carbons (Fsp3) is 0.364. The minimum absolute atomic E-state index is 0.201. The number of nitro groups is 1. The lowest BCUT2D eigenvalue weighted by Gasteiger charge is -2.15. The summed E-state index contributed by atoms with van der Waals surface area (Å²) >= 11 is 0. The Labute approximate surface area is 106 Å². The van der Waals surface area contributed by atoms with Crippen molar-refractivity contribution in [2.45, 2.75) is 12.5 Å². The van der Waals surface area contributed by atoms with Gasteiger partial charge in [0.1, 0.15) is 5.56 Å². The first-order valence-electron chi connectivity index (χ1n) is 5.58. The highest BCUT2D eigenvalue weighted by Gasteiger charge is 2.30. The lowest BCUT2D eigenvalue weighted by atomic mass is 10.1. The summed E-state index contributed by atoms with van der Waals surface area (Å²) in [6.07, 6.45) is 0.573. The van der Waals surface area contributed by atoms with Crippen molar-refractivity contribution in [3.63, 3.8) is 0 Å². The standard InChI is InChI=1S/C11H11F2N3O3/c12-8-3-7(10(16(18)19)4-9(8)13)11(17)15-2-1-6(14)5-15/h3-4,6H,1-2,5,14H2/t6-/m1/s1. The molecule has 0 aliphatic carbocycles. The van der Waals surface area contributed by atoms with Crippen LogP contribution in [0.3, 0.4) is 0 Å². The van der Waals surface area contributed by atoms with Crippen LogP contribution in [0.15, 0.2) is 12.1 Å². The molecule has 19 heavy (non-hydrogen) atoms. The predicted octanol–water partition coefficient (Wildman–Crippen LogP) is 1.05. The summed E-state index contributed by atoms with van der Waals surface area (Å²) in [6, 6.07) is 0.770. The third-order valence-corrected chi connectivity index (χ3v) is 2.98. The summed E-state index contributed by atoms with van der Waals surface area (Å²) in [5.41, 5.74) is 4.42. The van der Waals surface area contributed by atoms with Crippen LogP contribution in [0.25, 0.3) is 0 Å². The second kappa shape index (κ2) is 4.88. The van der Waals surface area contributed by atoms with Crippen molar-refractivity contribution in [2.75, 3.05) is 13.1 Å². The summed E-state index contributed by atoms with van der Waals surface area (Å²) in [6.45, 7) is 0.588. The molecular weight excluding hydrogens is 260 g/mol. The van der Waals surface area contributed by atoms with E-state index in [4.69, 9.17) is 5.73 Å². The van der Waals surface area contributed by atoms with Gasteiger partial charge in [-0.25, -0.2) is 8.78 Å². The van der Waals surface area contributed by atoms with Gasteiger partial charge in [0.2, 0.25) is 0 Å². The largest absolute Gasteiger partial charge is 0.337 e. The Morgan fingerprint density at radius 1 is 1.42 bits per heavy atom. The number of amides is 1. The molecule has 8 heteroatoms. The molecule has 2 N–H and O–H groups in total. The van der Waals surface area contributed by atoms with E-state index in [9.17, 15) is 23.7 Å². The van der Waals surface area contributed by atoms with E-state index in [1.165, 1.54) is 4.90 Å². The Morgan fingerprint density at radius 2 is 2.05 bits per heavy atom. The predicted molar refractivity (Wildman–Crippen MR) is 61.5 cm³/mol. The van der Waals surface area contributed by atoms with Crippen LogP contribution in [0, 0.1) is 21.7 Å². The van der Waals surface area contributed by atoms with Crippen LogP contribution < -0.4 is 5.73 Å². The number of hydrogen-bond acceptors (Lipinski definition) is 4. The van der Waals surface area contributed by atoms with Crippen molar-refractivity contribution in [1.82, 2.24) is 4.90 Å². The molecule has 1 aromatic carbocycles. The average molecular weight is 271 g/mol. The first kappa shape index (κ1) is 13.3. The molecule has 0 saturated carbocycles. The summed E-state index contributed by atoms with van der Waals surface area (Å²) in [5.74, 6) is -3.36. The lowest BCUT2D eigenvalue weighted by Crippen LogP contribution is -2.32. The second-order valence-corrected chi connectivity index (χ2v) is 4.34. The van der Waals surface area contributed by atoms with Gasteiger partial charge in [0.25, 0.3) is 11.6 Å². The van der Waals surface area contributed by atoms with E-state index >= 15 is 0 Å². The third kappa shape index (κ3) is 2.53. The van der Waals surface area contributed by atoms with Crippen molar-refractivity contribution in [3.8, 4) is 0 Å². The molecule has 1 heterocycles. The number of benzene rings is 1. The molecule has 1 amide bonds. The maximum Gasteiger partial charge on any atom is 0.285 e. The van der Waals surface area contributed by atoms with Crippen LogP contribution in [0.5, 0.6) is 0 Å². The summed E-state index contributed by atoms with van der Waals surface area (Å²) < 4.78 is 26.2. The van der Waals surface area contributed by atoms with Gasteiger partial charge >= 0.3 is 0 Å². The van der Waals surface area contributed by atoms with E-state index in [1.54, 1.807) is 0 Å². The van der Waals surface area contributed by atoms with Crippen LogP contribution in [-0.2, 0) is 0 Å². The number of hydrogen-bond donors (Lipinski definition) is 1. The Morgan fingerprint density at radius 3 is 2.58 bits per heavy atom. The fourth-order valence-corrected chi connectivity index (χ4v) is 2.00. The number of nitro benzene ring substituents is 1. The van der Waals surface area contributed by atoms with Gasteiger partial charge < -0.3 is 10.6 Å². The Balaban J connectivity index is 2.40. The molecule has 1 aliphatic heterocycles. The third-order valence-electron chi connectivity index (χ3n) is 2.98. The molecule has 6 nitrogen and oxygen atoms in total. The molecule has 2 rings (SSSR count). The molecule has 0 aromatic heterocycles. The Hall–Kier alpha value is -2.09. The van der Waals surface area contributed by atoms with Crippen LogP contribution in [-0.4, -0.2) is 34.9 Å². The number of nitrogens with zero attached hydrogens (tertiary/aromatic N) is 2. The van der Waals surface area contributed by atoms with Crippen molar-refractivity contribution in [3.05, 3.63) is 39.4 Å². The number of likely N-dealkylation sites (tertiary alicyclic amines) is 1. The summed E-state index contributed by atoms with van der Waals surface area (Å²) in [7, 11) is 0. The minimum atomic E-state index is -1.36. The van der Waals surface area contributed by atoms with Crippen LogP contribution in [0.1, 0.15) is 16.8 Å². The van der Waals surface area contributed by atoms with Gasteiger partial charge in [-0.1, -0.05) is 0 Å². The maximum atomic E-state index is 13.2. The molecule has 1 fully saturated rings. The van der Waals surface area contributed by atoms with Gasteiger partial charge in [-0.05, 0) is 12.5 Å². The van der Waals surface area contributed by atoms with E-state index in [1.807, 2.05) is 0 Å². The van der Waals surface area contributed by atoms with Gasteiger partial charge in [0.15, 0.2) is 11.6 Å². The fourth-order valence-electron chi connectivity index (χ4n) is 2.00. The smallest absolute Gasteiger partial charge is 0.285 e. The van der Waals surface area contributed by atoms with Crippen molar-refractivity contribution in [1.29, 1.82) is 0 Å². The van der Waals surface area contributed by atoms with E-state index < -0.39 is 33.7 Å². The number of carbonyl (C=O) groups excluding carboxylic acids is 1. The molecule has 1 saturated heterocycles. The maximum absolute atomic E-state index is 13.2. The van der Waals surface area contributed by atoms with Crippen molar-refractivity contribution >= 4 is 11.6 Å². The normalized spacial score (nSPS) is 18.7. The number of carbonyl (C=O) groups is 1. The molecule has 102 valence electrons. The van der Waals surface area contributed by atoms with Crippen LogP contribution in [0.2, 0.25) is 0 Å². The van der Waals surface area contributed by atoms with Crippen LogP contribution in [0.4, 0.5) is 14.5 Å². The summed E-state index contributed by atoms with van der Waals surface area (Å²) in [4.78, 5) is 23.2. The van der Waals surface area contributed by atoms with E-state index in [0.717, 1.165) is 0 Å². The van der Waals surface area contributed by atoms with Crippen molar-refractivity contribution < 1.29 is 18.5 Å². The topological polar surface area (TPSA) is 89.5 Å². The van der Waals surface area contributed by atoms with E-state index in [2.05, 4.69) is 0 Å². The zero-order valence-electron chi connectivity index (χ0n) is 9.81. The molecule has 1 aromatic rings. The number of halogens is 2. The molecule has 1 atom stereocenters. The second-order valence-electron chi connectivity index (χ2n) is 4.34. The Kier molecular flexibility index (Phi) is 3.43. The molecule has 0 bridgehead atoms. The van der Waals surface area contributed by atoms with Gasteiger partial charge in [0.05, 0.1) is 11.0 Å². The minimum Gasteiger partial charge on any atom is -0.337 e. The highest BCUT2D eigenvalue weighted by Crippen LogP contribution is 2.25. The molecule has 1 aliphatic rings. The monoisotopic (exact) mass is 271 g/mol. The van der Waals surface area contributed by atoms with Crippen LogP contribution >= 0.6 is 0 Å². The van der Waals surface area contributed by atoms with E-state index in [-0.39, 0.29) is 12.6 Å². The SMILES string of the molecule is N[C@@H]1CCN(C(=O)c2cc(F)c(F)cc2[N+](=O)[O-])C1. The first-order valence-corrected chi connectivity index (χ1v) is 5.58. The van der Waals surface area contributed by atoms with Gasteiger partial charge in [0, 0.05) is 19.1 Å².